The van der Waals surface area contributed by atoms with Crippen LogP contribution in [0.25, 0.3) is 10.9 Å². The van der Waals surface area contributed by atoms with Crippen molar-refractivity contribution in [3.8, 4) is 0 Å². The average Bonchev–Trinajstić information content (AvgIpc) is 3.18. The summed E-state index contributed by atoms with van der Waals surface area (Å²) >= 11 is 0. The number of carbonyl (C=O) groups excluding carboxylic acids is 1. The van der Waals surface area contributed by atoms with Gasteiger partial charge in [-0.05, 0) is 38.3 Å². The van der Waals surface area contributed by atoms with Crippen molar-refractivity contribution in [1.29, 1.82) is 0 Å². The number of hydrogen-bond donors (Lipinski definition) is 1. The van der Waals surface area contributed by atoms with Gasteiger partial charge >= 0.3 is 0 Å². The van der Waals surface area contributed by atoms with Crippen LogP contribution in [-0.2, 0) is 0 Å². The molecule has 1 aromatic carbocycles. The second kappa shape index (κ2) is 7.26. The Morgan fingerprint density at radius 1 is 1.25 bits per heavy atom. The number of aromatic nitrogens is 3. The lowest BCUT2D eigenvalue weighted by molar-refractivity contribution is 0.0826. The molecule has 146 valence electrons. The first-order valence-corrected chi connectivity index (χ1v) is 9.83. The van der Waals surface area contributed by atoms with Crippen LogP contribution >= 0.6 is 0 Å². The van der Waals surface area contributed by atoms with E-state index in [2.05, 4.69) is 47.1 Å². The van der Waals surface area contributed by atoms with Gasteiger partial charge in [-0.25, -0.2) is 0 Å². The summed E-state index contributed by atoms with van der Waals surface area (Å²) in [6, 6.07) is 8.35. The number of hydrogen-bond acceptors (Lipinski definition) is 4. The molecule has 0 spiro atoms. The average molecular weight is 377 g/mol. The van der Waals surface area contributed by atoms with Crippen molar-refractivity contribution < 1.29 is 4.79 Å². The van der Waals surface area contributed by atoms with Gasteiger partial charge in [0, 0.05) is 44.2 Å². The van der Waals surface area contributed by atoms with Crippen molar-refractivity contribution >= 4 is 22.5 Å². The highest BCUT2D eigenvalue weighted by Crippen LogP contribution is 2.36. The number of carbonyl (C=O) groups is 1. The van der Waals surface area contributed by atoms with Gasteiger partial charge < -0.3 is 9.80 Å². The lowest BCUT2D eigenvalue weighted by Gasteiger charge is -2.36. The maximum absolute atomic E-state index is 12.5. The number of pyridine rings is 1. The number of para-hydroxylation sites is 1. The van der Waals surface area contributed by atoms with Gasteiger partial charge in [-0.3, -0.25) is 14.9 Å². The first kappa shape index (κ1) is 18.5. The lowest BCUT2D eigenvalue weighted by Crippen LogP contribution is -2.36. The van der Waals surface area contributed by atoms with Crippen molar-refractivity contribution in [1.82, 2.24) is 20.1 Å². The number of aryl methyl sites for hydroxylation is 1. The maximum atomic E-state index is 12.5. The van der Waals surface area contributed by atoms with Crippen LogP contribution in [-0.4, -0.2) is 53.2 Å². The summed E-state index contributed by atoms with van der Waals surface area (Å²) in [4.78, 5) is 21.4. The predicted molar refractivity (Wildman–Crippen MR) is 112 cm³/mol. The molecule has 1 fully saturated rings. The Morgan fingerprint density at radius 3 is 2.82 bits per heavy atom. The van der Waals surface area contributed by atoms with Crippen molar-refractivity contribution in [2.45, 2.75) is 32.6 Å². The van der Waals surface area contributed by atoms with E-state index < -0.39 is 0 Å². The highest BCUT2D eigenvalue weighted by molar-refractivity contribution is 5.95. The van der Waals surface area contributed by atoms with Crippen molar-refractivity contribution in [2.24, 2.45) is 0 Å². The SMILES string of the molecule is Cc1nc2ccccc2c(N2CCCC(c3[nH]ncc3C(=O)N(C)C)C2)c1C. The minimum Gasteiger partial charge on any atom is -0.370 e. The Bertz CT molecular complexity index is 1020. The summed E-state index contributed by atoms with van der Waals surface area (Å²) in [5.74, 6) is 0.254. The van der Waals surface area contributed by atoms with Crippen LogP contribution in [0.3, 0.4) is 0 Å². The molecule has 1 unspecified atom stereocenters. The zero-order valence-corrected chi connectivity index (χ0v) is 17.0. The molecule has 6 nitrogen and oxygen atoms in total. The Hall–Kier alpha value is -2.89. The van der Waals surface area contributed by atoms with Gasteiger partial charge in [0.2, 0.25) is 0 Å². The maximum Gasteiger partial charge on any atom is 0.256 e. The van der Waals surface area contributed by atoms with Crippen LogP contribution in [0.2, 0.25) is 0 Å². The van der Waals surface area contributed by atoms with Gasteiger partial charge in [-0.15, -0.1) is 0 Å². The van der Waals surface area contributed by atoms with E-state index in [9.17, 15) is 4.79 Å². The fourth-order valence-electron chi connectivity index (χ4n) is 4.25. The van der Waals surface area contributed by atoms with Crippen LogP contribution < -0.4 is 4.90 Å². The Balaban J connectivity index is 1.72. The second-order valence-corrected chi connectivity index (χ2v) is 7.87. The van der Waals surface area contributed by atoms with Gasteiger partial charge in [0.1, 0.15) is 0 Å². The molecule has 1 atom stereocenters. The first-order chi connectivity index (χ1) is 13.5. The molecule has 1 amide bonds. The largest absolute Gasteiger partial charge is 0.370 e. The molecule has 4 rings (SSSR count). The zero-order chi connectivity index (χ0) is 19.8. The molecular weight excluding hydrogens is 350 g/mol. The summed E-state index contributed by atoms with van der Waals surface area (Å²) in [5.41, 5.74) is 6.25. The van der Waals surface area contributed by atoms with E-state index in [1.807, 2.05) is 6.07 Å². The van der Waals surface area contributed by atoms with Crippen LogP contribution in [0.1, 0.15) is 46.1 Å². The van der Waals surface area contributed by atoms with Gasteiger partial charge in [-0.2, -0.15) is 5.10 Å². The van der Waals surface area contributed by atoms with Gasteiger partial charge in [0.25, 0.3) is 5.91 Å². The molecule has 1 aliphatic heterocycles. The normalized spacial score (nSPS) is 17.1. The third-order valence-corrected chi connectivity index (χ3v) is 5.80. The Morgan fingerprint density at radius 2 is 2.04 bits per heavy atom. The number of nitrogens with zero attached hydrogens (tertiary/aromatic N) is 4. The molecule has 0 radical (unpaired) electrons. The zero-order valence-electron chi connectivity index (χ0n) is 17.0. The van der Waals surface area contributed by atoms with Gasteiger partial charge in [0.05, 0.1) is 28.7 Å². The van der Waals surface area contributed by atoms with Crippen LogP contribution in [0, 0.1) is 13.8 Å². The lowest BCUT2D eigenvalue weighted by atomic mass is 9.91. The van der Waals surface area contributed by atoms with E-state index in [1.54, 1.807) is 25.2 Å². The topological polar surface area (TPSA) is 65.1 Å². The number of anilines is 1. The number of H-pyrrole nitrogens is 1. The van der Waals surface area contributed by atoms with E-state index in [-0.39, 0.29) is 11.8 Å². The van der Waals surface area contributed by atoms with Crippen molar-refractivity contribution in [3.63, 3.8) is 0 Å². The number of fused-ring (bicyclic) bond motifs is 1. The number of rotatable bonds is 3. The summed E-state index contributed by atoms with van der Waals surface area (Å²) < 4.78 is 0. The molecule has 28 heavy (non-hydrogen) atoms. The molecule has 0 aliphatic carbocycles. The first-order valence-electron chi connectivity index (χ1n) is 9.83. The summed E-state index contributed by atoms with van der Waals surface area (Å²) in [7, 11) is 3.56. The van der Waals surface area contributed by atoms with E-state index in [0.717, 1.165) is 42.8 Å². The third-order valence-electron chi connectivity index (χ3n) is 5.80. The smallest absolute Gasteiger partial charge is 0.256 e. The van der Waals surface area contributed by atoms with E-state index in [0.29, 0.717) is 5.56 Å². The van der Waals surface area contributed by atoms with Crippen molar-refractivity contribution in [2.75, 3.05) is 32.1 Å². The number of amides is 1. The molecule has 3 heterocycles. The van der Waals surface area contributed by atoms with E-state index in [4.69, 9.17) is 4.98 Å². The minimum atomic E-state index is 0.00209. The molecule has 3 aromatic rings. The molecule has 1 N–H and O–H groups in total. The number of piperidine rings is 1. The number of benzene rings is 1. The third kappa shape index (κ3) is 3.13. The standard InChI is InChI=1S/C22H27N5O/c1-14-15(2)24-19-10-6-5-9-17(19)21(14)27-11-7-8-16(13-27)20-18(12-23-25-20)22(28)26(3)4/h5-6,9-10,12,16H,7-8,11,13H2,1-4H3,(H,23,25). The fourth-order valence-corrected chi connectivity index (χ4v) is 4.25. The second-order valence-electron chi connectivity index (χ2n) is 7.87. The Kier molecular flexibility index (Phi) is 4.79. The highest BCUT2D eigenvalue weighted by atomic mass is 16.2. The molecule has 1 saturated heterocycles. The van der Waals surface area contributed by atoms with E-state index in [1.165, 1.54) is 16.6 Å². The molecule has 6 heteroatoms. The van der Waals surface area contributed by atoms with Gasteiger partial charge in [0.15, 0.2) is 0 Å². The minimum absolute atomic E-state index is 0.00209. The molecule has 0 bridgehead atoms. The Labute approximate surface area is 165 Å². The summed E-state index contributed by atoms with van der Waals surface area (Å²) in [5, 5.41) is 8.48. The van der Waals surface area contributed by atoms with Crippen LogP contribution in [0.4, 0.5) is 5.69 Å². The monoisotopic (exact) mass is 377 g/mol. The van der Waals surface area contributed by atoms with Crippen LogP contribution in [0.5, 0.6) is 0 Å². The fraction of sp³-hybridized carbons (Fsp3) is 0.409. The summed E-state index contributed by atoms with van der Waals surface area (Å²) in [6.07, 6.45) is 3.79. The van der Waals surface area contributed by atoms with E-state index >= 15 is 0 Å². The quantitative estimate of drug-likeness (QED) is 0.756. The van der Waals surface area contributed by atoms with Crippen LogP contribution in [0.15, 0.2) is 30.5 Å². The molecule has 1 aliphatic rings. The predicted octanol–water partition coefficient (Wildman–Crippen LogP) is 3.66. The number of aromatic amines is 1. The van der Waals surface area contributed by atoms with Crippen molar-refractivity contribution in [3.05, 3.63) is 53.0 Å². The molecular formula is C22H27N5O. The molecule has 0 saturated carbocycles. The van der Waals surface area contributed by atoms with Gasteiger partial charge in [-0.1, -0.05) is 18.2 Å². The summed E-state index contributed by atoms with van der Waals surface area (Å²) in [6.45, 7) is 6.11. The number of nitrogens with one attached hydrogen (secondary N) is 1. The highest BCUT2D eigenvalue weighted by Gasteiger charge is 2.29. The molecule has 2 aromatic heterocycles.